The summed E-state index contributed by atoms with van der Waals surface area (Å²) in [5.74, 6) is 1.16. The zero-order chi connectivity index (χ0) is 17.2. The van der Waals surface area contributed by atoms with E-state index in [-0.39, 0.29) is 0 Å². The molecule has 0 spiro atoms. The Labute approximate surface area is 157 Å². The summed E-state index contributed by atoms with van der Waals surface area (Å²) in [7, 11) is 0. The fraction of sp³-hybridized carbons (Fsp3) is 0.286. The van der Waals surface area contributed by atoms with Crippen LogP contribution in [-0.2, 0) is 12.8 Å². The van der Waals surface area contributed by atoms with Crippen molar-refractivity contribution in [1.82, 2.24) is 9.78 Å². The number of aromatic nitrogens is 2. The van der Waals surface area contributed by atoms with E-state index in [1.165, 1.54) is 35.2 Å². The van der Waals surface area contributed by atoms with E-state index in [2.05, 4.69) is 81.4 Å². The van der Waals surface area contributed by atoms with E-state index in [0.29, 0.717) is 0 Å². The number of halogens is 1. The Morgan fingerprint density at radius 1 is 1.12 bits per heavy atom. The summed E-state index contributed by atoms with van der Waals surface area (Å²) in [4.78, 5) is 0. The van der Waals surface area contributed by atoms with Crippen LogP contribution in [0.15, 0.2) is 53.0 Å². The maximum atomic E-state index is 5.06. The van der Waals surface area contributed by atoms with Gasteiger partial charge in [0.15, 0.2) is 0 Å². The molecule has 1 aliphatic heterocycles. The number of anilines is 1. The van der Waals surface area contributed by atoms with Gasteiger partial charge in [0, 0.05) is 22.1 Å². The predicted octanol–water partition coefficient (Wildman–Crippen LogP) is 5.61. The summed E-state index contributed by atoms with van der Waals surface area (Å²) in [5.41, 5.74) is 6.09. The lowest BCUT2D eigenvalue weighted by Gasteiger charge is -2.12. The van der Waals surface area contributed by atoms with E-state index in [4.69, 9.17) is 5.10 Å². The molecule has 0 unspecified atom stereocenters. The molecule has 0 saturated heterocycles. The summed E-state index contributed by atoms with van der Waals surface area (Å²) in [6.45, 7) is 3.20. The molecule has 0 amide bonds. The predicted molar refractivity (Wildman–Crippen MR) is 108 cm³/mol. The van der Waals surface area contributed by atoms with Gasteiger partial charge in [-0.2, -0.15) is 5.10 Å². The first kappa shape index (κ1) is 16.4. The van der Waals surface area contributed by atoms with Crippen molar-refractivity contribution in [2.45, 2.75) is 32.6 Å². The number of hydrogen-bond acceptors (Lipinski definition) is 2. The van der Waals surface area contributed by atoms with Crippen molar-refractivity contribution >= 4 is 21.7 Å². The highest BCUT2D eigenvalue weighted by molar-refractivity contribution is 9.10. The summed E-state index contributed by atoms with van der Waals surface area (Å²) in [6, 6.07) is 17.0. The molecule has 3 nitrogen and oxygen atoms in total. The number of aryl methyl sites for hydroxylation is 1. The van der Waals surface area contributed by atoms with Gasteiger partial charge < -0.3 is 5.32 Å². The summed E-state index contributed by atoms with van der Waals surface area (Å²) in [6.07, 6.45) is 4.46. The standard InChI is InChI=1S/C21H22BrN3/c1-2-15-8-3-4-12-19(15)25-21-18(11-5-6-13-23-21)20(24-25)16-9-7-10-17(22)14-16/h3-4,7-10,12,14,23H,2,5-6,11,13H2,1H3. The van der Waals surface area contributed by atoms with Crippen molar-refractivity contribution in [2.24, 2.45) is 0 Å². The molecule has 25 heavy (non-hydrogen) atoms. The second-order valence-electron chi connectivity index (χ2n) is 6.46. The second kappa shape index (κ2) is 7.04. The van der Waals surface area contributed by atoms with Gasteiger partial charge in [-0.05, 0) is 49.4 Å². The first-order valence-corrected chi connectivity index (χ1v) is 9.77. The molecule has 0 aliphatic carbocycles. The Balaban J connectivity index is 1.94. The van der Waals surface area contributed by atoms with Gasteiger partial charge in [-0.3, -0.25) is 0 Å². The number of fused-ring (bicyclic) bond motifs is 1. The van der Waals surface area contributed by atoms with E-state index < -0.39 is 0 Å². The van der Waals surface area contributed by atoms with Crippen LogP contribution in [-0.4, -0.2) is 16.3 Å². The second-order valence-corrected chi connectivity index (χ2v) is 7.38. The lowest BCUT2D eigenvalue weighted by Crippen LogP contribution is -2.08. The molecule has 1 aromatic heterocycles. The van der Waals surface area contributed by atoms with Gasteiger partial charge in [0.2, 0.25) is 0 Å². The molecule has 0 fully saturated rings. The highest BCUT2D eigenvalue weighted by atomic mass is 79.9. The average molecular weight is 396 g/mol. The van der Waals surface area contributed by atoms with Gasteiger partial charge in [0.25, 0.3) is 0 Å². The van der Waals surface area contributed by atoms with E-state index in [1.54, 1.807) is 0 Å². The maximum Gasteiger partial charge on any atom is 0.133 e. The van der Waals surface area contributed by atoms with E-state index in [9.17, 15) is 0 Å². The molecule has 4 heteroatoms. The quantitative estimate of drug-likeness (QED) is 0.624. The monoisotopic (exact) mass is 395 g/mol. The van der Waals surface area contributed by atoms with Crippen molar-refractivity contribution in [3.63, 3.8) is 0 Å². The van der Waals surface area contributed by atoms with Gasteiger partial charge in [0.1, 0.15) is 5.82 Å². The molecule has 128 valence electrons. The van der Waals surface area contributed by atoms with Gasteiger partial charge >= 0.3 is 0 Å². The summed E-state index contributed by atoms with van der Waals surface area (Å²) in [5, 5.41) is 8.69. The SMILES string of the molecule is CCc1ccccc1-n1nc(-c2cccc(Br)c2)c2c1NCCCC2. The molecule has 0 bridgehead atoms. The highest BCUT2D eigenvalue weighted by Crippen LogP contribution is 2.35. The molecule has 0 atom stereocenters. The molecule has 2 aromatic carbocycles. The van der Waals surface area contributed by atoms with E-state index >= 15 is 0 Å². The molecular formula is C21H22BrN3. The van der Waals surface area contributed by atoms with Gasteiger partial charge in [-0.1, -0.05) is 53.2 Å². The van der Waals surface area contributed by atoms with Crippen LogP contribution in [0.25, 0.3) is 16.9 Å². The van der Waals surface area contributed by atoms with Crippen molar-refractivity contribution in [1.29, 1.82) is 0 Å². The first-order valence-electron chi connectivity index (χ1n) is 8.98. The molecular weight excluding hydrogens is 374 g/mol. The first-order chi connectivity index (χ1) is 12.3. The average Bonchev–Trinajstić information content (AvgIpc) is 2.82. The van der Waals surface area contributed by atoms with Crippen LogP contribution in [0.4, 0.5) is 5.82 Å². The Morgan fingerprint density at radius 2 is 2.00 bits per heavy atom. The van der Waals surface area contributed by atoms with Crippen LogP contribution in [0.2, 0.25) is 0 Å². The van der Waals surface area contributed by atoms with Crippen LogP contribution >= 0.6 is 15.9 Å². The summed E-state index contributed by atoms with van der Waals surface area (Å²) < 4.78 is 3.21. The molecule has 4 rings (SSSR count). The van der Waals surface area contributed by atoms with Gasteiger partial charge in [-0.25, -0.2) is 4.68 Å². The van der Waals surface area contributed by atoms with Crippen molar-refractivity contribution in [3.8, 4) is 16.9 Å². The third kappa shape index (κ3) is 3.11. The van der Waals surface area contributed by atoms with E-state index in [1.807, 2.05) is 0 Å². The zero-order valence-electron chi connectivity index (χ0n) is 14.4. The topological polar surface area (TPSA) is 29.9 Å². The van der Waals surface area contributed by atoms with Crippen LogP contribution in [0.3, 0.4) is 0 Å². The number of para-hydroxylation sites is 1. The van der Waals surface area contributed by atoms with E-state index in [0.717, 1.165) is 35.4 Å². The number of hydrogen-bond donors (Lipinski definition) is 1. The Morgan fingerprint density at radius 3 is 2.84 bits per heavy atom. The third-order valence-corrected chi connectivity index (χ3v) is 5.32. The van der Waals surface area contributed by atoms with Crippen LogP contribution in [0.5, 0.6) is 0 Å². The van der Waals surface area contributed by atoms with Crippen molar-refractivity contribution in [2.75, 3.05) is 11.9 Å². The molecule has 3 aromatic rings. The highest BCUT2D eigenvalue weighted by Gasteiger charge is 2.22. The van der Waals surface area contributed by atoms with Crippen molar-refractivity contribution < 1.29 is 0 Å². The van der Waals surface area contributed by atoms with Gasteiger partial charge in [0.05, 0.1) is 11.4 Å². The number of nitrogens with one attached hydrogen (secondary N) is 1. The number of nitrogens with zero attached hydrogens (tertiary/aromatic N) is 2. The lowest BCUT2D eigenvalue weighted by molar-refractivity contribution is 0.779. The Bertz CT molecular complexity index is 898. The van der Waals surface area contributed by atoms with Crippen LogP contribution in [0.1, 0.15) is 30.9 Å². The lowest BCUT2D eigenvalue weighted by atomic mass is 10.0. The fourth-order valence-electron chi connectivity index (χ4n) is 3.56. The molecule has 0 radical (unpaired) electrons. The fourth-order valence-corrected chi connectivity index (χ4v) is 3.96. The van der Waals surface area contributed by atoms with Gasteiger partial charge in [-0.15, -0.1) is 0 Å². The number of rotatable bonds is 3. The molecule has 0 saturated carbocycles. The van der Waals surface area contributed by atoms with Crippen molar-refractivity contribution in [3.05, 3.63) is 64.1 Å². The normalized spacial score (nSPS) is 13.8. The minimum atomic E-state index is 0.997. The van der Waals surface area contributed by atoms with Crippen LogP contribution in [0, 0.1) is 0 Å². The third-order valence-electron chi connectivity index (χ3n) is 4.83. The molecule has 1 N–H and O–H groups in total. The zero-order valence-corrected chi connectivity index (χ0v) is 16.0. The number of benzene rings is 2. The molecule has 2 heterocycles. The van der Waals surface area contributed by atoms with Crippen LogP contribution < -0.4 is 5.32 Å². The smallest absolute Gasteiger partial charge is 0.133 e. The largest absolute Gasteiger partial charge is 0.370 e. The molecule has 1 aliphatic rings. The minimum Gasteiger partial charge on any atom is -0.370 e. The minimum absolute atomic E-state index is 0.997. The Hall–Kier alpha value is -2.07. The Kier molecular flexibility index (Phi) is 4.62. The summed E-state index contributed by atoms with van der Waals surface area (Å²) >= 11 is 3.60. The maximum absolute atomic E-state index is 5.06.